The van der Waals surface area contributed by atoms with Crippen LogP contribution < -0.4 is 0 Å². The molecule has 16 heavy (non-hydrogen) atoms. The quantitative estimate of drug-likeness (QED) is 0.797. The van der Waals surface area contributed by atoms with Gasteiger partial charge in [-0.25, -0.2) is 8.42 Å². The molecule has 1 aliphatic carbocycles. The number of halogens is 2. The minimum Gasteiger partial charge on any atom is -0.224 e. The van der Waals surface area contributed by atoms with Crippen molar-refractivity contribution >= 4 is 33.0 Å². The fourth-order valence-corrected chi connectivity index (χ4v) is 3.94. The maximum Gasteiger partial charge on any atom is 0.178 e. The molecule has 0 aliphatic heterocycles. The van der Waals surface area contributed by atoms with E-state index in [2.05, 4.69) is 0 Å². The molecule has 88 valence electrons. The third kappa shape index (κ3) is 2.53. The molecule has 1 aliphatic rings. The number of alkyl halides is 2. The van der Waals surface area contributed by atoms with Crippen molar-refractivity contribution in [1.82, 2.24) is 0 Å². The number of benzene rings is 1. The molecule has 2 rings (SSSR count). The van der Waals surface area contributed by atoms with Gasteiger partial charge in [-0.05, 0) is 25.5 Å². The topological polar surface area (TPSA) is 34.1 Å². The van der Waals surface area contributed by atoms with E-state index < -0.39 is 14.2 Å². The van der Waals surface area contributed by atoms with Crippen LogP contribution in [0.2, 0.25) is 0 Å². The zero-order valence-electron chi connectivity index (χ0n) is 8.78. The number of sulfone groups is 1. The lowest BCUT2D eigenvalue weighted by Crippen LogP contribution is -2.11. The Balaban J connectivity index is 2.17. The van der Waals surface area contributed by atoms with Crippen LogP contribution in [0.4, 0.5) is 0 Å². The van der Waals surface area contributed by atoms with Crippen LogP contribution in [-0.2, 0) is 9.84 Å². The molecule has 0 saturated heterocycles. The Hall–Kier alpha value is -0.250. The predicted molar refractivity (Wildman–Crippen MR) is 65.8 cm³/mol. The Labute approximate surface area is 105 Å². The summed E-state index contributed by atoms with van der Waals surface area (Å²) in [5.74, 6) is -0.106. The first-order valence-electron chi connectivity index (χ1n) is 4.98. The van der Waals surface area contributed by atoms with E-state index in [4.69, 9.17) is 23.2 Å². The molecule has 5 heteroatoms. The van der Waals surface area contributed by atoms with E-state index in [1.807, 2.05) is 6.92 Å². The normalized spacial score (nSPS) is 23.1. The van der Waals surface area contributed by atoms with Gasteiger partial charge in [0, 0.05) is 5.92 Å². The molecule has 0 bridgehead atoms. The van der Waals surface area contributed by atoms with Crippen LogP contribution in [0.15, 0.2) is 29.2 Å². The van der Waals surface area contributed by atoms with Gasteiger partial charge in [0.05, 0.1) is 10.6 Å². The van der Waals surface area contributed by atoms with Crippen LogP contribution in [-0.4, -0.2) is 18.5 Å². The van der Waals surface area contributed by atoms with Crippen molar-refractivity contribution in [3.05, 3.63) is 29.8 Å². The zero-order valence-corrected chi connectivity index (χ0v) is 11.1. The summed E-state index contributed by atoms with van der Waals surface area (Å²) in [5.41, 5.74) is 1.04. The van der Waals surface area contributed by atoms with E-state index in [9.17, 15) is 8.42 Å². The van der Waals surface area contributed by atoms with Gasteiger partial charge in [0.2, 0.25) is 0 Å². The number of hydrogen-bond acceptors (Lipinski definition) is 2. The molecule has 1 saturated carbocycles. The summed E-state index contributed by atoms with van der Waals surface area (Å²) in [6, 6.07) is 6.82. The maximum absolute atomic E-state index is 12.0. The van der Waals surface area contributed by atoms with Crippen molar-refractivity contribution < 1.29 is 8.42 Å². The van der Waals surface area contributed by atoms with Crippen LogP contribution in [0, 0.1) is 12.8 Å². The lowest BCUT2D eigenvalue weighted by Gasteiger charge is -2.04. The summed E-state index contributed by atoms with van der Waals surface area (Å²) in [6.07, 6.45) is 0.557. The maximum atomic E-state index is 12.0. The van der Waals surface area contributed by atoms with Crippen LogP contribution in [0.3, 0.4) is 0 Å². The molecule has 0 aromatic heterocycles. The van der Waals surface area contributed by atoms with E-state index in [1.54, 1.807) is 24.3 Å². The summed E-state index contributed by atoms with van der Waals surface area (Å²) >= 11 is 11.7. The van der Waals surface area contributed by atoms with Crippen molar-refractivity contribution in [2.24, 2.45) is 5.92 Å². The summed E-state index contributed by atoms with van der Waals surface area (Å²) in [6.45, 7) is 1.92. The van der Waals surface area contributed by atoms with Gasteiger partial charge >= 0.3 is 0 Å². The number of rotatable bonds is 3. The van der Waals surface area contributed by atoms with Gasteiger partial charge in [-0.1, -0.05) is 17.7 Å². The standard InChI is InChI=1S/C11H12Cl2O2S/c1-8-2-4-10(5-3-8)16(14,15)7-9-6-11(9,12)13/h2-5,9H,6-7H2,1H3. The molecular formula is C11H12Cl2O2S. The van der Waals surface area contributed by atoms with E-state index in [0.29, 0.717) is 11.3 Å². The minimum absolute atomic E-state index is 0.0308. The van der Waals surface area contributed by atoms with Gasteiger partial charge in [-0.3, -0.25) is 0 Å². The average molecular weight is 279 g/mol. The fraction of sp³-hybridized carbons (Fsp3) is 0.455. The molecular weight excluding hydrogens is 267 g/mol. The van der Waals surface area contributed by atoms with Crippen LogP contribution >= 0.6 is 23.2 Å². The highest BCUT2D eigenvalue weighted by Crippen LogP contribution is 2.53. The summed E-state index contributed by atoms with van der Waals surface area (Å²) < 4.78 is 23.1. The Morgan fingerprint density at radius 2 is 1.81 bits per heavy atom. The molecule has 0 spiro atoms. The molecule has 1 aromatic rings. The van der Waals surface area contributed by atoms with Crippen molar-refractivity contribution in [2.45, 2.75) is 22.6 Å². The molecule has 1 fully saturated rings. The summed E-state index contributed by atoms with van der Waals surface area (Å²) in [5, 5.41) is 0. The largest absolute Gasteiger partial charge is 0.224 e. The second-order valence-electron chi connectivity index (χ2n) is 4.26. The van der Waals surface area contributed by atoms with Gasteiger partial charge in [0.15, 0.2) is 9.84 Å². The third-order valence-electron chi connectivity index (χ3n) is 2.76. The molecule has 0 amide bonds. The first-order chi connectivity index (χ1) is 7.31. The SMILES string of the molecule is Cc1ccc(S(=O)(=O)CC2CC2(Cl)Cl)cc1. The van der Waals surface area contributed by atoms with Crippen LogP contribution in [0.25, 0.3) is 0 Å². The smallest absolute Gasteiger partial charge is 0.178 e. The van der Waals surface area contributed by atoms with Crippen molar-refractivity contribution in [3.8, 4) is 0 Å². The van der Waals surface area contributed by atoms with Gasteiger partial charge in [0.25, 0.3) is 0 Å². The minimum atomic E-state index is -3.25. The highest BCUT2D eigenvalue weighted by Gasteiger charge is 2.53. The first kappa shape index (κ1) is 12.2. The summed E-state index contributed by atoms with van der Waals surface area (Å²) in [7, 11) is -3.25. The first-order valence-corrected chi connectivity index (χ1v) is 7.39. The molecule has 0 heterocycles. The van der Waals surface area contributed by atoms with Gasteiger partial charge in [0.1, 0.15) is 4.33 Å². The molecule has 0 N–H and O–H groups in total. The Kier molecular flexibility index (Phi) is 2.97. The van der Waals surface area contributed by atoms with E-state index in [-0.39, 0.29) is 11.7 Å². The molecule has 1 atom stereocenters. The van der Waals surface area contributed by atoms with Crippen LogP contribution in [0.1, 0.15) is 12.0 Å². The van der Waals surface area contributed by atoms with Crippen molar-refractivity contribution in [2.75, 3.05) is 5.75 Å². The Morgan fingerprint density at radius 1 is 1.31 bits per heavy atom. The second-order valence-corrected chi connectivity index (χ2v) is 7.83. The van der Waals surface area contributed by atoms with Crippen molar-refractivity contribution in [1.29, 1.82) is 0 Å². The lowest BCUT2D eigenvalue weighted by atomic mass is 10.2. The highest BCUT2D eigenvalue weighted by atomic mass is 35.5. The molecule has 1 aromatic carbocycles. The van der Waals surface area contributed by atoms with E-state index in [1.165, 1.54) is 0 Å². The molecule has 0 radical (unpaired) electrons. The van der Waals surface area contributed by atoms with E-state index >= 15 is 0 Å². The molecule has 1 unspecified atom stereocenters. The number of aryl methyl sites for hydroxylation is 1. The number of hydrogen-bond donors (Lipinski definition) is 0. The third-order valence-corrected chi connectivity index (χ3v) is 5.51. The second kappa shape index (κ2) is 3.90. The monoisotopic (exact) mass is 278 g/mol. The highest BCUT2D eigenvalue weighted by molar-refractivity contribution is 7.91. The van der Waals surface area contributed by atoms with Gasteiger partial charge in [-0.2, -0.15) is 0 Å². The Bertz CT molecular complexity index is 491. The van der Waals surface area contributed by atoms with Gasteiger partial charge in [-0.15, -0.1) is 23.2 Å². The average Bonchev–Trinajstić information content (AvgIpc) is 2.73. The molecule has 2 nitrogen and oxygen atoms in total. The van der Waals surface area contributed by atoms with Crippen LogP contribution in [0.5, 0.6) is 0 Å². The van der Waals surface area contributed by atoms with Gasteiger partial charge < -0.3 is 0 Å². The summed E-state index contributed by atoms with van der Waals surface area (Å²) in [4.78, 5) is 0.342. The van der Waals surface area contributed by atoms with E-state index in [0.717, 1.165) is 5.56 Å². The van der Waals surface area contributed by atoms with Crippen molar-refractivity contribution in [3.63, 3.8) is 0 Å². The fourth-order valence-electron chi connectivity index (χ4n) is 1.56. The predicted octanol–water partition coefficient (Wildman–Crippen LogP) is 2.96. The Morgan fingerprint density at radius 3 is 2.25 bits per heavy atom. The lowest BCUT2D eigenvalue weighted by molar-refractivity contribution is 0.592. The zero-order chi connectivity index (χ0) is 12.0.